The highest BCUT2D eigenvalue weighted by Gasteiger charge is 2.09. The van der Waals surface area contributed by atoms with Crippen LogP contribution in [0.15, 0.2) is 58.0 Å². The zero-order chi connectivity index (χ0) is 18.4. The van der Waals surface area contributed by atoms with E-state index >= 15 is 0 Å². The maximum atomic E-state index is 13.2. The van der Waals surface area contributed by atoms with Crippen LogP contribution in [0.2, 0.25) is 5.02 Å². The lowest BCUT2D eigenvalue weighted by Crippen LogP contribution is -2.36. The Morgan fingerprint density at radius 3 is 2.59 bits per heavy atom. The van der Waals surface area contributed by atoms with Crippen LogP contribution in [-0.4, -0.2) is 23.1 Å². The van der Waals surface area contributed by atoms with E-state index < -0.39 is 0 Å². The highest BCUT2D eigenvalue weighted by Crippen LogP contribution is 2.18. The third kappa shape index (κ3) is 6.17. The molecule has 0 aliphatic carbocycles. The van der Waals surface area contributed by atoms with E-state index in [1.807, 2.05) is 18.2 Å². The molecule has 2 N–H and O–H groups in total. The van der Waals surface area contributed by atoms with Gasteiger partial charge in [0.15, 0.2) is 5.96 Å². The van der Waals surface area contributed by atoms with E-state index in [9.17, 15) is 4.39 Å². The van der Waals surface area contributed by atoms with Crippen molar-refractivity contribution in [1.82, 2.24) is 20.8 Å². The molecule has 0 spiro atoms. The van der Waals surface area contributed by atoms with Crippen LogP contribution in [0, 0.1) is 5.82 Å². The van der Waals surface area contributed by atoms with E-state index in [0.29, 0.717) is 35.8 Å². The van der Waals surface area contributed by atoms with Gasteiger partial charge in [-0.25, -0.2) is 4.39 Å². The molecule has 0 aliphatic heterocycles. The SMILES string of the molecule is CN=C(NCc1cccc(F)c1)NCc1nc(-c2ccc(Cl)cc2)no1.I. The average Bonchev–Trinajstić information content (AvgIpc) is 3.11. The highest BCUT2D eigenvalue weighted by molar-refractivity contribution is 14.0. The summed E-state index contributed by atoms with van der Waals surface area (Å²) >= 11 is 5.87. The van der Waals surface area contributed by atoms with Gasteiger partial charge < -0.3 is 15.2 Å². The molecule has 0 saturated heterocycles. The van der Waals surface area contributed by atoms with Crippen molar-refractivity contribution in [3.8, 4) is 11.4 Å². The second kappa shape index (κ2) is 10.2. The first kappa shape index (κ1) is 21.1. The predicted octanol–water partition coefficient (Wildman–Crippen LogP) is 4.01. The number of hydrogen-bond acceptors (Lipinski definition) is 4. The summed E-state index contributed by atoms with van der Waals surface area (Å²) in [6, 6.07) is 13.6. The molecule has 27 heavy (non-hydrogen) atoms. The van der Waals surface area contributed by atoms with Crippen molar-refractivity contribution >= 4 is 41.5 Å². The van der Waals surface area contributed by atoms with Gasteiger partial charge in [0.25, 0.3) is 0 Å². The Kier molecular flexibility index (Phi) is 7.99. The molecule has 3 aromatic rings. The molecule has 0 aliphatic rings. The summed E-state index contributed by atoms with van der Waals surface area (Å²) in [4.78, 5) is 8.44. The number of aromatic nitrogens is 2. The minimum atomic E-state index is -0.271. The molecular formula is C18H18ClFIN5O. The van der Waals surface area contributed by atoms with E-state index in [0.717, 1.165) is 11.1 Å². The molecule has 2 aromatic carbocycles. The molecule has 0 atom stereocenters. The summed E-state index contributed by atoms with van der Waals surface area (Å²) in [5.41, 5.74) is 1.63. The van der Waals surface area contributed by atoms with Gasteiger partial charge in [0.1, 0.15) is 5.82 Å². The van der Waals surface area contributed by atoms with E-state index in [1.54, 1.807) is 25.2 Å². The lowest BCUT2D eigenvalue weighted by atomic mass is 10.2. The fraction of sp³-hybridized carbons (Fsp3) is 0.167. The number of hydrogen-bond donors (Lipinski definition) is 2. The number of nitrogens with zero attached hydrogens (tertiary/aromatic N) is 3. The van der Waals surface area contributed by atoms with Gasteiger partial charge >= 0.3 is 0 Å². The van der Waals surface area contributed by atoms with Gasteiger partial charge in [0.2, 0.25) is 11.7 Å². The largest absolute Gasteiger partial charge is 0.352 e. The maximum Gasteiger partial charge on any atom is 0.246 e. The molecule has 0 amide bonds. The minimum absolute atomic E-state index is 0. The van der Waals surface area contributed by atoms with Crippen molar-refractivity contribution in [2.45, 2.75) is 13.1 Å². The van der Waals surface area contributed by atoms with Crippen LogP contribution in [0.1, 0.15) is 11.5 Å². The van der Waals surface area contributed by atoms with Crippen LogP contribution >= 0.6 is 35.6 Å². The van der Waals surface area contributed by atoms with E-state index in [1.165, 1.54) is 12.1 Å². The van der Waals surface area contributed by atoms with Crippen molar-refractivity contribution < 1.29 is 8.91 Å². The molecule has 6 nitrogen and oxygen atoms in total. The molecule has 0 saturated carbocycles. The topological polar surface area (TPSA) is 75.3 Å². The highest BCUT2D eigenvalue weighted by atomic mass is 127. The first-order valence-corrected chi connectivity index (χ1v) is 8.29. The quantitative estimate of drug-likeness (QED) is 0.314. The van der Waals surface area contributed by atoms with Crippen LogP contribution in [0.25, 0.3) is 11.4 Å². The minimum Gasteiger partial charge on any atom is -0.352 e. The Balaban J connectivity index is 0.00000261. The molecule has 1 heterocycles. The van der Waals surface area contributed by atoms with Crippen molar-refractivity contribution in [1.29, 1.82) is 0 Å². The van der Waals surface area contributed by atoms with Gasteiger partial charge in [-0.3, -0.25) is 4.99 Å². The smallest absolute Gasteiger partial charge is 0.246 e. The van der Waals surface area contributed by atoms with Crippen molar-refractivity contribution in [3.05, 3.63) is 70.8 Å². The third-order valence-corrected chi connectivity index (χ3v) is 3.80. The Bertz CT molecular complexity index is 901. The van der Waals surface area contributed by atoms with Crippen molar-refractivity contribution in [2.24, 2.45) is 4.99 Å². The van der Waals surface area contributed by atoms with E-state index in [-0.39, 0.29) is 29.8 Å². The van der Waals surface area contributed by atoms with Gasteiger partial charge in [0, 0.05) is 24.2 Å². The lowest BCUT2D eigenvalue weighted by Gasteiger charge is -2.10. The molecule has 3 rings (SSSR count). The number of aliphatic imine (C=N–C) groups is 1. The molecule has 1 aromatic heterocycles. The molecule has 0 bridgehead atoms. The standard InChI is InChI=1S/C18H17ClFN5O.HI/c1-21-18(22-10-12-3-2-4-15(20)9-12)23-11-16-24-17(25-26-16)13-5-7-14(19)8-6-13;/h2-9H,10-11H2,1H3,(H2,21,22,23);1H. The first-order chi connectivity index (χ1) is 12.6. The van der Waals surface area contributed by atoms with E-state index in [2.05, 4.69) is 25.8 Å². The number of nitrogens with one attached hydrogen (secondary N) is 2. The number of halogens is 3. The van der Waals surface area contributed by atoms with Crippen LogP contribution in [0.3, 0.4) is 0 Å². The summed E-state index contributed by atoms with van der Waals surface area (Å²) in [7, 11) is 1.65. The third-order valence-electron chi connectivity index (χ3n) is 3.55. The van der Waals surface area contributed by atoms with Gasteiger partial charge in [-0.15, -0.1) is 24.0 Å². The van der Waals surface area contributed by atoms with Crippen molar-refractivity contribution in [2.75, 3.05) is 7.05 Å². The van der Waals surface area contributed by atoms with Crippen molar-refractivity contribution in [3.63, 3.8) is 0 Å². The van der Waals surface area contributed by atoms with Gasteiger partial charge in [-0.1, -0.05) is 28.9 Å². The lowest BCUT2D eigenvalue weighted by molar-refractivity contribution is 0.375. The first-order valence-electron chi connectivity index (χ1n) is 7.91. The van der Waals surface area contributed by atoms with Crippen LogP contribution in [0.5, 0.6) is 0 Å². The Hall–Kier alpha value is -2.20. The molecular weight excluding hydrogens is 484 g/mol. The average molecular weight is 502 g/mol. The Labute approximate surface area is 178 Å². The van der Waals surface area contributed by atoms with Crippen LogP contribution in [-0.2, 0) is 13.1 Å². The van der Waals surface area contributed by atoms with Gasteiger partial charge in [-0.2, -0.15) is 4.98 Å². The monoisotopic (exact) mass is 501 g/mol. The maximum absolute atomic E-state index is 13.2. The zero-order valence-corrected chi connectivity index (χ0v) is 17.5. The Morgan fingerprint density at radius 2 is 1.89 bits per heavy atom. The molecule has 9 heteroatoms. The molecule has 0 radical (unpaired) electrons. The summed E-state index contributed by atoms with van der Waals surface area (Å²) in [6.07, 6.45) is 0. The number of benzene rings is 2. The van der Waals surface area contributed by atoms with Crippen LogP contribution in [0.4, 0.5) is 4.39 Å². The molecule has 142 valence electrons. The fourth-order valence-electron chi connectivity index (χ4n) is 2.26. The predicted molar refractivity (Wildman–Crippen MR) is 114 cm³/mol. The van der Waals surface area contributed by atoms with Gasteiger partial charge in [0.05, 0.1) is 6.54 Å². The number of rotatable bonds is 5. The normalized spacial score (nSPS) is 11.0. The van der Waals surface area contributed by atoms with Gasteiger partial charge in [-0.05, 0) is 42.0 Å². The fourth-order valence-corrected chi connectivity index (χ4v) is 2.38. The molecule has 0 fully saturated rings. The Morgan fingerprint density at radius 1 is 1.15 bits per heavy atom. The summed E-state index contributed by atoms with van der Waals surface area (Å²) < 4.78 is 18.4. The second-order valence-electron chi connectivity index (χ2n) is 5.43. The second-order valence-corrected chi connectivity index (χ2v) is 5.86. The molecule has 0 unspecified atom stereocenters. The zero-order valence-electron chi connectivity index (χ0n) is 14.4. The summed E-state index contributed by atoms with van der Waals surface area (Å²) in [5.74, 6) is 1.18. The summed E-state index contributed by atoms with van der Waals surface area (Å²) in [6.45, 7) is 0.751. The number of guanidine groups is 1. The summed E-state index contributed by atoms with van der Waals surface area (Å²) in [5, 5.41) is 10.8. The van der Waals surface area contributed by atoms with Crippen LogP contribution < -0.4 is 10.6 Å². The van der Waals surface area contributed by atoms with E-state index in [4.69, 9.17) is 16.1 Å².